The lowest BCUT2D eigenvalue weighted by Gasteiger charge is -2.39. The first kappa shape index (κ1) is 15.8. The molecule has 3 rings (SSSR count). The highest BCUT2D eigenvalue weighted by Gasteiger charge is 2.39. The fraction of sp³-hybridized carbons (Fsp3) is 0.867. The van der Waals surface area contributed by atoms with E-state index < -0.39 is 9.84 Å². The third-order valence-electron chi connectivity index (χ3n) is 5.09. The van der Waals surface area contributed by atoms with Crippen molar-refractivity contribution in [2.45, 2.75) is 44.6 Å². The highest BCUT2D eigenvalue weighted by Crippen LogP contribution is 2.26. The standard InChI is InChI=1S/C15H24N2O4S/c18-14-5-3-7-16(14)10-13-4-1-2-8-17(13)15(19)12-6-9-22(20,21)11-12/h12-13H,1-11H2/t12-,13-/m1/s1. The number of carbonyl (C=O) groups excluding carboxylic acids is 2. The molecule has 7 heteroatoms. The van der Waals surface area contributed by atoms with Gasteiger partial charge in [0.2, 0.25) is 11.8 Å². The summed E-state index contributed by atoms with van der Waals surface area (Å²) in [6, 6.07) is 0.0617. The molecule has 3 heterocycles. The molecule has 0 unspecified atom stereocenters. The van der Waals surface area contributed by atoms with Crippen molar-refractivity contribution in [2.24, 2.45) is 5.92 Å². The van der Waals surface area contributed by atoms with Gasteiger partial charge in [0.25, 0.3) is 0 Å². The molecule has 0 bridgehead atoms. The zero-order chi connectivity index (χ0) is 15.7. The number of rotatable bonds is 3. The summed E-state index contributed by atoms with van der Waals surface area (Å²) in [5, 5.41) is 0. The van der Waals surface area contributed by atoms with E-state index in [2.05, 4.69) is 0 Å². The van der Waals surface area contributed by atoms with E-state index in [0.717, 1.165) is 32.2 Å². The van der Waals surface area contributed by atoms with Crippen molar-refractivity contribution in [3.63, 3.8) is 0 Å². The predicted molar refractivity (Wildman–Crippen MR) is 81.9 cm³/mol. The van der Waals surface area contributed by atoms with Crippen molar-refractivity contribution in [3.8, 4) is 0 Å². The SMILES string of the molecule is O=C1CCCN1C[C@H]1CCCCN1C(=O)[C@@H]1CCS(=O)(=O)C1. The lowest BCUT2D eigenvalue weighted by Crippen LogP contribution is -2.51. The summed E-state index contributed by atoms with van der Waals surface area (Å²) in [5.74, 6) is -0.0803. The first-order valence-corrected chi connectivity index (χ1v) is 10.1. The summed E-state index contributed by atoms with van der Waals surface area (Å²) >= 11 is 0. The molecule has 22 heavy (non-hydrogen) atoms. The van der Waals surface area contributed by atoms with Crippen LogP contribution in [0, 0.1) is 5.92 Å². The van der Waals surface area contributed by atoms with Crippen LogP contribution in [0.5, 0.6) is 0 Å². The summed E-state index contributed by atoms with van der Waals surface area (Å²) in [6.07, 6.45) is 4.92. The Labute approximate surface area is 131 Å². The van der Waals surface area contributed by atoms with E-state index in [1.807, 2.05) is 9.80 Å². The third kappa shape index (κ3) is 3.29. The van der Waals surface area contributed by atoms with Crippen molar-refractivity contribution in [2.75, 3.05) is 31.1 Å². The van der Waals surface area contributed by atoms with Crippen LogP contribution in [0.3, 0.4) is 0 Å². The Balaban J connectivity index is 1.67. The Hall–Kier alpha value is -1.11. The normalized spacial score (nSPS) is 31.7. The molecule has 0 radical (unpaired) electrons. The van der Waals surface area contributed by atoms with Crippen molar-refractivity contribution >= 4 is 21.7 Å². The minimum atomic E-state index is -3.04. The second-order valence-electron chi connectivity index (χ2n) is 6.72. The molecule has 2 amide bonds. The first-order chi connectivity index (χ1) is 10.5. The zero-order valence-electron chi connectivity index (χ0n) is 12.9. The van der Waals surface area contributed by atoms with Crippen LogP contribution in [-0.2, 0) is 19.4 Å². The van der Waals surface area contributed by atoms with Gasteiger partial charge < -0.3 is 9.80 Å². The molecule has 2 atom stereocenters. The average molecular weight is 328 g/mol. The summed E-state index contributed by atoms with van der Waals surface area (Å²) in [6.45, 7) is 2.10. The van der Waals surface area contributed by atoms with Gasteiger partial charge in [0.05, 0.1) is 17.4 Å². The number of nitrogens with zero attached hydrogens (tertiary/aromatic N) is 2. The number of hydrogen-bond donors (Lipinski definition) is 0. The van der Waals surface area contributed by atoms with Crippen LogP contribution in [0.2, 0.25) is 0 Å². The smallest absolute Gasteiger partial charge is 0.227 e. The second-order valence-corrected chi connectivity index (χ2v) is 8.95. The van der Waals surface area contributed by atoms with E-state index in [9.17, 15) is 18.0 Å². The molecule has 3 fully saturated rings. The summed E-state index contributed by atoms with van der Waals surface area (Å²) in [5.41, 5.74) is 0. The minimum absolute atomic E-state index is 0.00228. The molecule has 6 nitrogen and oxygen atoms in total. The quantitative estimate of drug-likeness (QED) is 0.753. The molecular formula is C15H24N2O4S. The molecular weight excluding hydrogens is 304 g/mol. The molecule has 0 aromatic carbocycles. The van der Waals surface area contributed by atoms with Crippen molar-refractivity contribution in [1.82, 2.24) is 9.80 Å². The van der Waals surface area contributed by atoms with Gasteiger partial charge in [0.15, 0.2) is 9.84 Å². The van der Waals surface area contributed by atoms with Crippen LogP contribution in [0.15, 0.2) is 0 Å². The molecule has 3 aliphatic rings. The van der Waals surface area contributed by atoms with Crippen molar-refractivity contribution in [1.29, 1.82) is 0 Å². The molecule has 0 aliphatic carbocycles. The molecule has 0 aromatic rings. The van der Waals surface area contributed by atoms with Gasteiger partial charge in [-0.2, -0.15) is 0 Å². The van der Waals surface area contributed by atoms with Crippen LogP contribution in [0.4, 0.5) is 0 Å². The Bertz CT molecular complexity index is 560. The monoisotopic (exact) mass is 328 g/mol. The van der Waals surface area contributed by atoms with Crippen LogP contribution in [0.1, 0.15) is 38.5 Å². The Morgan fingerprint density at radius 1 is 1.14 bits per heavy atom. The van der Waals surface area contributed by atoms with Gasteiger partial charge in [-0.05, 0) is 32.1 Å². The zero-order valence-corrected chi connectivity index (χ0v) is 13.7. The fourth-order valence-corrected chi connectivity index (χ4v) is 5.59. The highest BCUT2D eigenvalue weighted by atomic mass is 32.2. The summed E-state index contributed by atoms with van der Waals surface area (Å²) in [7, 11) is -3.04. The van der Waals surface area contributed by atoms with Gasteiger partial charge in [-0.1, -0.05) is 0 Å². The second kappa shape index (κ2) is 6.18. The number of amides is 2. The third-order valence-corrected chi connectivity index (χ3v) is 6.86. The maximum atomic E-state index is 12.7. The van der Waals surface area contributed by atoms with E-state index in [1.54, 1.807) is 0 Å². The Morgan fingerprint density at radius 2 is 1.95 bits per heavy atom. The molecule has 3 saturated heterocycles. The lowest BCUT2D eigenvalue weighted by molar-refractivity contribution is -0.140. The molecule has 0 aromatic heterocycles. The lowest BCUT2D eigenvalue weighted by atomic mass is 9.98. The number of piperidine rings is 1. The van der Waals surface area contributed by atoms with Crippen LogP contribution in [-0.4, -0.2) is 67.2 Å². The van der Waals surface area contributed by atoms with Crippen LogP contribution in [0.25, 0.3) is 0 Å². The number of sulfone groups is 1. The minimum Gasteiger partial charge on any atom is -0.341 e. The summed E-state index contributed by atoms with van der Waals surface area (Å²) in [4.78, 5) is 28.2. The predicted octanol–water partition coefficient (Wildman–Crippen LogP) is 0.425. The Morgan fingerprint density at radius 3 is 2.59 bits per heavy atom. The summed E-state index contributed by atoms with van der Waals surface area (Å²) < 4.78 is 23.2. The van der Waals surface area contributed by atoms with E-state index >= 15 is 0 Å². The fourth-order valence-electron chi connectivity index (χ4n) is 3.86. The maximum absolute atomic E-state index is 12.7. The molecule has 3 aliphatic heterocycles. The molecule has 124 valence electrons. The van der Waals surface area contributed by atoms with Crippen molar-refractivity contribution in [3.05, 3.63) is 0 Å². The van der Waals surface area contributed by atoms with Gasteiger partial charge >= 0.3 is 0 Å². The number of likely N-dealkylation sites (tertiary alicyclic amines) is 2. The van der Waals surface area contributed by atoms with E-state index in [-0.39, 0.29) is 35.3 Å². The maximum Gasteiger partial charge on any atom is 0.227 e. The topological polar surface area (TPSA) is 74.8 Å². The average Bonchev–Trinajstić information content (AvgIpc) is 3.05. The van der Waals surface area contributed by atoms with E-state index in [1.165, 1.54) is 0 Å². The number of carbonyl (C=O) groups is 2. The van der Waals surface area contributed by atoms with Crippen LogP contribution < -0.4 is 0 Å². The molecule has 0 N–H and O–H groups in total. The molecule has 0 spiro atoms. The largest absolute Gasteiger partial charge is 0.341 e. The van der Waals surface area contributed by atoms with Crippen molar-refractivity contribution < 1.29 is 18.0 Å². The van der Waals surface area contributed by atoms with E-state index in [4.69, 9.17) is 0 Å². The van der Waals surface area contributed by atoms with Gasteiger partial charge in [0.1, 0.15) is 0 Å². The van der Waals surface area contributed by atoms with Crippen LogP contribution >= 0.6 is 0 Å². The van der Waals surface area contributed by atoms with Gasteiger partial charge in [-0.3, -0.25) is 9.59 Å². The molecule has 0 saturated carbocycles. The van der Waals surface area contributed by atoms with Gasteiger partial charge in [0, 0.05) is 32.1 Å². The van der Waals surface area contributed by atoms with Gasteiger partial charge in [-0.15, -0.1) is 0 Å². The first-order valence-electron chi connectivity index (χ1n) is 8.25. The number of hydrogen-bond acceptors (Lipinski definition) is 4. The van der Waals surface area contributed by atoms with E-state index in [0.29, 0.717) is 25.9 Å². The van der Waals surface area contributed by atoms with Gasteiger partial charge in [-0.25, -0.2) is 8.42 Å². The highest BCUT2D eigenvalue weighted by molar-refractivity contribution is 7.91. The Kier molecular flexibility index (Phi) is 4.43.